The number of hydrogen-bond acceptors (Lipinski definition) is 6. The second-order valence-electron chi connectivity index (χ2n) is 7.80. The van der Waals surface area contributed by atoms with E-state index in [9.17, 15) is 23.3 Å². The average molecular weight is 458 g/mol. The number of piperidine rings is 1. The van der Waals surface area contributed by atoms with Gasteiger partial charge in [-0.05, 0) is 43.5 Å². The van der Waals surface area contributed by atoms with Crippen LogP contribution in [-0.2, 0) is 21.4 Å². The summed E-state index contributed by atoms with van der Waals surface area (Å²) < 4.78 is 29.0. The minimum absolute atomic E-state index is 0.0919. The van der Waals surface area contributed by atoms with Crippen molar-refractivity contribution in [3.8, 4) is 0 Å². The maximum Gasteiger partial charge on any atom is 0.271 e. The van der Waals surface area contributed by atoms with Gasteiger partial charge in [-0.15, -0.1) is 0 Å². The molecule has 1 amide bonds. The first-order valence-corrected chi connectivity index (χ1v) is 11.7. The number of rotatable bonds is 6. The van der Waals surface area contributed by atoms with E-state index in [1.165, 1.54) is 33.4 Å². The van der Waals surface area contributed by atoms with Crippen molar-refractivity contribution in [2.45, 2.75) is 37.6 Å². The zero-order valence-corrected chi connectivity index (χ0v) is 18.3. The molecule has 1 aliphatic heterocycles. The van der Waals surface area contributed by atoms with Crippen molar-refractivity contribution in [2.75, 3.05) is 18.4 Å². The molecule has 0 radical (unpaired) electrons. The van der Waals surface area contributed by atoms with Gasteiger partial charge in [0.25, 0.3) is 5.69 Å². The number of aromatic nitrogens is 2. The number of anilines is 1. The van der Waals surface area contributed by atoms with Crippen molar-refractivity contribution < 1.29 is 18.1 Å². The molecule has 2 aromatic carbocycles. The van der Waals surface area contributed by atoms with Gasteiger partial charge in [0.15, 0.2) is 0 Å². The second kappa shape index (κ2) is 8.67. The topological polar surface area (TPSA) is 127 Å². The number of amides is 1. The molecule has 0 atom stereocenters. The van der Waals surface area contributed by atoms with E-state index in [2.05, 4.69) is 10.4 Å². The molecule has 1 aliphatic rings. The molecule has 1 fully saturated rings. The van der Waals surface area contributed by atoms with Gasteiger partial charge in [-0.25, -0.2) is 8.42 Å². The van der Waals surface area contributed by atoms with Crippen LogP contribution in [0.15, 0.2) is 47.5 Å². The number of nitro groups is 1. The fourth-order valence-corrected chi connectivity index (χ4v) is 5.60. The van der Waals surface area contributed by atoms with Crippen LogP contribution in [0.25, 0.3) is 10.9 Å². The highest BCUT2D eigenvalue weighted by Gasteiger charge is 2.27. The van der Waals surface area contributed by atoms with Crippen LogP contribution in [0.3, 0.4) is 0 Å². The van der Waals surface area contributed by atoms with Gasteiger partial charge in [-0.3, -0.25) is 19.6 Å². The van der Waals surface area contributed by atoms with Gasteiger partial charge in [0, 0.05) is 36.3 Å². The Morgan fingerprint density at radius 3 is 2.62 bits per heavy atom. The van der Waals surface area contributed by atoms with Crippen molar-refractivity contribution in [3.63, 3.8) is 0 Å². The molecule has 0 aliphatic carbocycles. The van der Waals surface area contributed by atoms with Gasteiger partial charge in [0.05, 0.1) is 21.5 Å². The average Bonchev–Trinajstić information content (AvgIpc) is 3.17. The van der Waals surface area contributed by atoms with Crippen LogP contribution in [0.5, 0.6) is 0 Å². The van der Waals surface area contributed by atoms with E-state index in [0.717, 1.165) is 19.3 Å². The smallest absolute Gasteiger partial charge is 0.271 e. The molecule has 168 valence electrons. The number of nitro benzene ring substituents is 1. The molecule has 10 nitrogen and oxygen atoms in total. The highest BCUT2D eigenvalue weighted by atomic mass is 32.2. The summed E-state index contributed by atoms with van der Waals surface area (Å²) in [6, 6.07) is 9.11. The molecule has 0 unspecified atom stereocenters. The van der Waals surface area contributed by atoms with E-state index in [4.69, 9.17) is 0 Å². The molecule has 3 aromatic rings. The van der Waals surface area contributed by atoms with Crippen molar-refractivity contribution in [2.24, 2.45) is 0 Å². The summed E-state index contributed by atoms with van der Waals surface area (Å²) in [5.74, 6) is -0.424. The van der Waals surface area contributed by atoms with Gasteiger partial charge in [0.1, 0.15) is 6.54 Å². The fourth-order valence-electron chi connectivity index (χ4n) is 3.84. The number of non-ortho nitro benzene ring substituents is 1. The Kier molecular flexibility index (Phi) is 5.94. The van der Waals surface area contributed by atoms with Crippen molar-refractivity contribution in [3.05, 3.63) is 58.3 Å². The number of benzene rings is 2. The maximum absolute atomic E-state index is 13.1. The van der Waals surface area contributed by atoms with E-state index in [1.54, 1.807) is 25.1 Å². The number of fused-ring (bicyclic) bond motifs is 1. The molecule has 4 rings (SSSR count). The summed E-state index contributed by atoms with van der Waals surface area (Å²) in [4.78, 5) is 23.3. The number of hydrogen-bond donors (Lipinski definition) is 1. The number of carbonyl (C=O) groups excluding carboxylic acids is 1. The first-order chi connectivity index (χ1) is 15.3. The first kappa shape index (κ1) is 21.9. The van der Waals surface area contributed by atoms with Gasteiger partial charge in [-0.2, -0.15) is 9.40 Å². The monoisotopic (exact) mass is 457 g/mol. The molecule has 0 spiro atoms. The molecule has 1 saturated heterocycles. The Hall–Kier alpha value is -3.31. The molecular formula is C21H23N5O5S. The maximum atomic E-state index is 13.1. The van der Waals surface area contributed by atoms with Crippen LogP contribution in [-0.4, -0.2) is 46.4 Å². The summed E-state index contributed by atoms with van der Waals surface area (Å²) in [5.41, 5.74) is 1.34. The van der Waals surface area contributed by atoms with Crippen LogP contribution < -0.4 is 5.32 Å². The number of sulfonamides is 1. The van der Waals surface area contributed by atoms with Gasteiger partial charge >= 0.3 is 0 Å². The quantitative estimate of drug-likeness (QED) is 0.448. The Morgan fingerprint density at radius 2 is 1.91 bits per heavy atom. The lowest BCUT2D eigenvalue weighted by Gasteiger charge is -2.26. The summed E-state index contributed by atoms with van der Waals surface area (Å²) in [7, 11) is -3.64. The summed E-state index contributed by atoms with van der Waals surface area (Å²) in [6.07, 6.45) is 4.23. The van der Waals surface area contributed by atoms with Crippen molar-refractivity contribution >= 4 is 38.2 Å². The highest BCUT2D eigenvalue weighted by Crippen LogP contribution is 2.26. The number of aryl methyl sites for hydroxylation is 1. The lowest BCUT2D eigenvalue weighted by molar-refractivity contribution is -0.384. The van der Waals surface area contributed by atoms with Gasteiger partial charge in [-0.1, -0.05) is 12.5 Å². The standard InChI is InChI=1S/C21H23N5O5S/c1-15-5-7-17(11-20(15)32(30,31)24-9-3-2-4-10-24)23-21(27)14-25-19-12-18(26(28)29)8-6-16(19)13-22-25/h5-8,11-13H,2-4,9-10,14H2,1H3,(H,23,27). The molecule has 0 saturated carbocycles. The molecule has 1 aromatic heterocycles. The lowest BCUT2D eigenvalue weighted by atomic mass is 10.2. The molecular weight excluding hydrogens is 434 g/mol. The van der Waals surface area contributed by atoms with Gasteiger partial charge < -0.3 is 5.32 Å². The second-order valence-corrected chi connectivity index (χ2v) is 9.70. The fraction of sp³-hybridized carbons (Fsp3) is 0.333. The summed E-state index contributed by atoms with van der Waals surface area (Å²) in [5, 5.41) is 18.6. The third-order valence-electron chi connectivity index (χ3n) is 5.54. The molecule has 2 heterocycles. The minimum Gasteiger partial charge on any atom is -0.324 e. The van der Waals surface area contributed by atoms with Crippen LogP contribution in [0.4, 0.5) is 11.4 Å². The van der Waals surface area contributed by atoms with E-state index in [1.807, 2.05) is 0 Å². The molecule has 32 heavy (non-hydrogen) atoms. The number of nitrogens with zero attached hydrogens (tertiary/aromatic N) is 4. The van der Waals surface area contributed by atoms with E-state index < -0.39 is 20.9 Å². The van der Waals surface area contributed by atoms with E-state index in [0.29, 0.717) is 35.2 Å². The highest BCUT2D eigenvalue weighted by molar-refractivity contribution is 7.89. The van der Waals surface area contributed by atoms with Crippen molar-refractivity contribution in [1.29, 1.82) is 0 Å². The van der Waals surface area contributed by atoms with Gasteiger partial charge in [0.2, 0.25) is 15.9 Å². The molecule has 1 N–H and O–H groups in total. The Labute approximate surface area is 185 Å². The third kappa shape index (κ3) is 4.34. The largest absolute Gasteiger partial charge is 0.324 e. The predicted molar refractivity (Wildman–Crippen MR) is 119 cm³/mol. The Morgan fingerprint density at radius 1 is 1.16 bits per heavy atom. The van der Waals surface area contributed by atoms with Crippen LogP contribution in [0.1, 0.15) is 24.8 Å². The molecule has 11 heteroatoms. The minimum atomic E-state index is -3.64. The SMILES string of the molecule is Cc1ccc(NC(=O)Cn2ncc3ccc([N+](=O)[O-])cc32)cc1S(=O)(=O)N1CCCCC1. The van der Waals surface area contributed by atoms with Crippen LogP contribution in [0.2, 0.25) is 0 Å². The van der Waals surface area contributed by atoms with Crippen LogP contribution in [0, 0.1) is 17.0 Å². The lowest BCUT2D eigenvalue weighted by Crippen LogP contribution is -2.36. The summed E-state index contributed by atoms with van der Waals surface area (Å²) >= 11 is 0. The molecule has 0 bridgehead atoms. The van der Waals surface area contributed by atoms with Crippen molar-refractivity contribution in [1.82, 2.24) is 14.1 Å². The van der Waals surface area contributed by atoms with Crippen LogP contribution >= 0.6 is 0 Å². The Balaban J connectivity index is 1.54. The number of carbonyl (C=O) groups is 1. The predicted octanol–water partition coefficient (Wildman–Crippen LogP) is 3.07. The zero-order valence-electron chi connectivity index (χ0n) is 17.5. The van der Waals surface area contributed by atoms with E-state index in [-0.39, 0.29) is 17.1 Å². The van der Waals surface area contributed by atoms with E-state index >= 15 is 0 Å². The number of nitrogens with one attached hydrogen (secondary N) is 1. The summed E-state index contributed by atoms with van der Waals surface area (Å²) in [6.45, 7) is 2.55. The Bertz CT molecular complexity index is 1300. The first-order valence-electron chi connectivity index (χ1n) is 10.3. The normalized spacial score (nSPS) is 15.0. The third-order valence-corrected chi connectivity index (χ3v) is 7.58. The zero-order chi connectivity index (χ0) is 22.9.